The van der Waals surface area contributed by atoms with Gasteiger partial charge in [-0.25, -0.2) is 24.8 Å². The van der Waals surface area contributed by atoms with Crippen LogP contribution in [0.15, 0.2) is 76.8 Å². The number of aromatic hydroxyl groups is 2. The molecule has 0 radical (unpaired) electrons. The van der Waals surface area contributed by atoms with Crippen molar-refractivity contribution < 1.29 is 39.2 Å². The van der Waals surface area contributed by atoms with E-state index in [1.165, 1.54) is 11.0 Å². The standard InChI is InChI=1S/C55H62N8O9/c1-6-39-41-26-38(10-11-45(41)57-50-42(39)30-63-47(50)27-44-43(51(63)66)31-71-52(67)55(44,70)7-2)72-54(69)61-22-16-36(17-23-61)59-18-12-33(13-19-59)14-20-60-21-15-34-8-9-37(25-46(34)60)62(53(68)58-56-5)29-35-24-40(32(3)4)49(65)28-48(35)64/h8-11,15,21,24-28,32-33,36,64-65,70H,5-7,12-14,16-20,22-23,29-31H2,1-4H3,(H,58,68). The summed E-state index contributed by atoms with van der Waals surface area (Å²) in [5.41, 5.74) is 7.36. The molecule has 72 heavy (non-hydrogen) atoms. The third kappa shape index (κ3) is 8.71. The zero-order chi connectivity index (χ0) is 50.6. The number of likely N-dealkylation sites (tertiary alicyclic amines) is 2. The number of hydrazone groups is 1. The van der Waals surface area contributed by atoms with Crippen LogP contribution in [0.5, 0.6) is 17.2 Å². The minimum Gasteiger partial charge on any atom is -0.508 e. The highest BCUT2D eigenvalue weighted by molar-refractivity contribution is 5.95. The third-order valence-corrected chi connectivity index (χ3v) is 15.7. The lowest BCUT2D eigenvalue weighted by atomic mass is 9.86. The Hall–Kier alpha value is -7.24. The molecule has 4 N–H and O–H groups in total. The largest absolute Gasteiger partial charge is 0.508 e. The molecular formula is C55H62N8O9. The molecule has 17 heteroatoms. The van der Waals surface area contributed by atoms with E-state index in [0.717, 1.165) is 79.2 Å². The Balaban J connectivity index is 0.739. The van der Waals surface area contributed by atoms with Gasteiger partial charge in [0.05, 0.1) is 41.1 Å². The van der Waals surface area contributed by atoms with Crippen molar-refractivity contribution in [1.82, 2.24) is 29.3 Å². The number of esters is 1. The fourth-order valence-corrected chi connectivity index (χ4v) is 11.5. The van der Waals surface area contributed by atoms with E-state index in [9.17, 15) is 34.5 Å². The molecule has 0 spiro atoms. The van der Waals surface area contributed by atoms with E-state index in [1.54, 1.807) is 34.6 Å². The summed E-state index contributed by atoms with van der Waals surface area (Å²) in [4.78, 5) is 64.3. The molecule has 1 unspecified atom stereocenters. The molecule has 17 nitrogen and oxygen atoms in total. The monoisotopic (exact) mass is 978 g/mol. The molecule has 2 fully saturated rings. The topological polar surface area (TPSA) is 204 Å². The van der Waals surface area contributed by atoms with Gasteiger partial charge in [-0.05, 0) is 135 Å². The van der Waals surface area contributed by atoms with Crippen LogP contribution in [0.1, 0.15) is 106 Å². The molecule has 2 saturated heterocycles. The van der Waals surface area contributed by atoms with E-state index in [2.05, 4.69) is 39.0 Å². The molecule has 3 aromatic carbocycles. The van der Waals surface area contributed by atoms with Gasteiger partial charge in [-0.1, -0.05) is 33.8 Å². The predicted molar refractivity (Wildman–Crippen MR) is 273 cm³/mol. The van der Waals surface area contributed by atoms with Gasteiger partial charge in [-0.15, -0.1) is 0 Å². The number of aryl methyl sites for hydroxylation is 2. The number of benzene rings is 3. The summed E-state index contributed by atoms with van der Waals surface area (Å²) in [6, 6.07) is 18.1. The first-order valence-corrected chi connectivity index (χ1v) is 25.2. The second-order valence-electron chi connectivity index (χ2n) is 20.0. The van der Waals surface area contributed by atoms with Crippen LogP contribution in [-0.2, 0) is 47.8 Å². The molecule has 10 rings (SSSR count). The predicted octanol–water partition coefficient (Wildman–Crippen LogP) is 8.23. The summed E-state index contributed by atoms with van der Waals surface area (Å²) in [5, 5.41) is 38.0. The van der Waals surface area contributed by atoms with Crippen molar-refractivity contribution in [2.45, 2.75) is 116 Å². The molecule has 376 valence electrons. The Bertz CT molecular complexity index is 3200. The van der Waals surface area contributed by atoms with Gasteiger partial charge in [0.1, 0.15) is 23.9 Å². The van der Waals surface area contributed by atoms with Crippen molar-refractivity contribution in [2.24, 2.45) is 11.0 Å². The summed E-state index contributed by atoms with van der Waals surface area (Å²) in [7, 11) is 0. The van der Waals surface area contributed by atoms with E-state index in [0.29, 0.717) is 77.5 Å². The second kappa shape index (κ2) is 19.4. The highest BCUT2D eigenvalue weighted by Gasteiger charge is 2.45. The molecule has 4 aliphatic rings. The van der Waals surface area contributed by atoms with E-state index in [1.807, 2.05) is 51.1 Å². The lowest BCUT2D eigenvalue weighted by Crippen LogP contribution is -2.49. The van der Waals surface area contributed by atoms with Gasteiger partial charge in [-0.3, -0.25) is 9.69 Å². The number of urea groups is 1. The first-order chi connectivity index (χ1) is 34.7. The number of aliphatic hydroxyl groups is 1. The molecule has 0 saturated carbocycles. The molecule has 0 bridgehead atoms. The average Bonchev–Trinajstić information content (AvgIpc) is 3.97. The number of phenolic OH excluding ortho intramolecular Hbond substituents is 2. The third-order valence-electron chi connectivity index (χ3n) is 15.7. The normalized spacial score (nSPS) is 18.2. The van der Waals surface area contributed by atoms with Crippen molar-refractivity contribution in [3.8, 4) is 28.6 Å². The molecule has 7 heterocycles. The van der Waals surface area contributed by atoms with Gasteiger partial charge in [0.15, 0.2) is 5.60 Å². The lowest BCUT2D eigenvalue weighted by molar-refractivity contribution is -0.172. The average molecular weight is 979 g/mol. The molecule has 4 aliphatic heterocycles. The SMILES string of the molecule is C=NNC(=O)N(Cc1cc(C(C)C)c(O)cc1O)c1ccc2ccn(CCC3CCN(C4CCN(C(=O)Oc5ccc6nc7c(c(CC)c6c5)Cn5c-7cc6c(c5=O)COC(=O)C6(O)CC)CC4)CC3)c2c1. The summed E-state index contributed by atoms with van der Waals surface area (Å²) in [5.74, 6) is 0.148. The van der Waals surface area contributed by atoms with E-state index in [4.69, 9.17) is 14.5 Å². The van der Waals surface area contributed by atoms with Gasteiger partial charge in [0.25, 0.3) is 5.56 Å². The number of aromatic nitrogens is 3. The van der Waals surface area contributed by atoms with Gasteiger partial charge in [0.2, 0.25) is 0 Å². The Morgan fingerprint density at radius 2 is 1.75 bits per heavy atom. The van der Waals surface area contributed by atoms with Crippen LogP contribution in [0.4, 0.5) is 15.3 Å². The number of nitrogens with zero attached hydrogens (tertiary/aromatic N) is 7. The van der Waals surface area contributed by atoms with E-state index in [-0.39, 0.29) is 59.8 Å². The fourth-order valence-electron chi connectivity index (χ4n) is 11.5. The van der Waals surface area contributed by atoms with Crippen LogP contribution in [-0.4, -0.2) is 96.3 Å². The molecule has 6 aromatic rings. The molecule has 3 amide bonds. The molecule has 0 aliphatic carbocycles. The lowest BCUT2D eigenvalue weighted by Gasteiger charge is -2.41. The van der Waals surface area contributed by atoms with Crippen LogP contribution < -0.4 is 20.6 Å². The van der Waals surface area contributed by atoms with Crippen molar-refractivity contribution in [3.63, 3.8) is 0 Å². The summed E-state index contributed by atoms with van der Waals surface area (Å²) >= 11 is 0. The quantitative estimate of drug-likeness (QED) is 0.0522. The Morgan fingerprint density at radius 3 is 2.47 bits per heavy atom. The number of phenols is 2. The maximum Gasteiger partial charge on any atom is 0.415 e. The van der Waals surface area contributed by atoms with Crippen molar-refractivity contribution >= 4 is 52.3 Å². The highest BCUT2D eigenvalue weighted by Crippen LogP contribution is 2.41. The smallest absolute Gasteiger partial charge is 0.415 e. The Labute approximate surface area is 417 Å². The van der Waals surface area contributed by atoms with Crippen LogP contribution >= 0.6 is 0 Å². The van der Waals surface area contributed by atoms with Crippen molar-refractivity contribution in [1.29, 1.82) is 0 Å². The molecule has 3 aromatic heterocycles. The maximum atomic E-state index is 13.8. The van der Waals surface area contributed by atoms with Crippen molar-refractivity contribution in [3.05, 3.63) is 111 Å². The van der Waals surface area contributed by atoms with Crippen LogP contribution in [0.2, 0.25) is 0 Å². The number of anilines is 1. The summed E-state index contributed by atoms with van der Waals surface area (Å²) in [6.07, 6.45) is 7.36. The minimum atomic E-state index is -1.90. The zero-order valence-electron chi connectivity index (χ0n) is 41.3. The fraction of sp³-hybridized carbons (Fsp3) is 0.418. The van der Waals surface area contributed by atoms with Gasteiger partial charge in [-0.2, -0.15) is 5.10 Å². The maximum absolute atomic E-state index is 13.8. The number of cyclic esters (lactones) is 1. The van der Waals surface area contributed by atoms with E-state index < -0.39 is 17.6 Å². The van der Waals surface area contributed by atoms with Crippen molar-refractivity contribution in [2.75, 3.05) is 31.1 Å². The van der Waals surface area contributed by atoms with Crippen LogP contribution in [0.25, 0.3) is 33.2 Å². The number of ether oxygens (including phenoxy) is 2. The number of carbonyl (C=O) groups excluding carboxylic acids is 3. The number of rotatable bonds is 12. The number of amides is 3. The number of carbonyl (C=O) groups is 3. The number of fused-ring (bicyclic) bond motifs is 6. The Morgan fingerprint density at radius 1 is 0.972 bits per heavy atom. The Kier molecular flexibility index (Phi) is 13.0. The summed E-state index contributed by atoms with van der Waals surface area (Å²) in [6.45, 7) is 15.3. The highest BCUT2D eigenvalue weighted by atomic mass is 16.6. The number of nitrogens with one attached hydrogen (secondary N) is 1. The molecular weight excluding hydrogens is 917 g/mol. The molecule has 1 atom stereocenters. The van der Waals surface area contributed by atoms with Gasteiger partial charge < -0.3 is 43.7 Å². The number of hydrogen-bond acceptors (Lipinski definition) is 12. The zero-order valence-corrected chi connectivity index (χ0v) is 41.3. The first-order valence-electron chi connectivity index (χ1n) is 25.2. The van der Waals surface area contributed by atoms with Gasteiger partial charge >= 0.3 is 18.1 Å². The number of pyridine rings is 2. The van der Waals surface area contributed by atoms with Crippen LogP contribution in [0.3, 0.4) is 0 Å². The number of piperidine rings is 2. The minimum absolute atomic E-state index is 0.00957. The van der Waals surface area contributed by atoms with Gasteiger partial charge in [0, 0.05) is 72.4 Å². The second-order valence-corrected chi connectivity index (χ2v) is 20.0. The van der Waals surface area contributed by atoms with Crippen LogP contribution in [0, 0.1) is 5.92 Å². The van der Waals surface area contributed by atoms with E-state index >= 15 is 0 Å². The first kappa shape index (κ1) is 48.4. The number of hydrogen-bond donors (Lipinski definition) is 4. The summed E-state index contributed by atoms with van der Waals surface area (Å²) < 4.78 is 15.1.